The Balaban J connectivity index is 2.33. The fourth-order valence-corrected chi connectivity index (χ4v) is 4.71. The molecule has 1 heterocycles. The van der Waals surface area contributed by atoms with Crippen molar-refractivity contribution in [2.24, 2.45) is 17.3 Å². The van der Waals surface area contributed by atoms with Crippen LogP contribution in [0.1, 0.15) is 11.5 Å². The molecular formula is C22H24N5O3+. The summed E-state index contributed by atoms with van der Waals surface area (Å²) in [5, 5.41) is 38.7. The van der Waals surface area contributed by atoms with E-state index in [9.17, 15) is 15.8 Å². The second kappa shape index (κ2) is 8.06. The molecule has 1 saturated carbocycles. The molecule has 0 bridgehead atoms. The number of nitrogens with one attached hydrogen (secondary N) is 2. The Hall–Kier alpha value is -3.54. The lowest BCUT2D eigenvalue weighted by molar-refractivity contribution is -0.878. The van der Waals surface area contributed by atoms with Crippen LogP contribution in [-0.2, 0) is 0 Å². The molecule has 1 fully saturated rings. The number of likely N-dealkylation sites (N-methyl/N-ethyl adjacent to an activating group) is 1. The van der Waals surface area contributed by atoms with Gasteiger partial charge >= 0.3 is 0 Å². The Morgan fingerprint density at radius 3 is 2.13 bits per heavy atom. The zero-order chi connectivity index (χ0) is 22.1. The molecule has 1 aromatic rings. The van der Waals surface area contributed by atoms with Crippen LogP contribution in [-0.4, -0.2) is 47.2 Å². The molecule has 1 aliphatic carbocycles. The third-order valence-corrected chi connectivity index (χ3v) is 6.13. The average Bonchev–Trinajstić information content (AvgIpc) is 2.77. The Bertz CT molecular complexity index is 988. The van der Waals surface area contributed by atoms with Crippen LogP contribution in [0.3, 0.4) is 0 Å². The van der Waals surface area contributed by atoms with E-state index in [1.807, 2.05) is 13.1 Å². The van der Waals surface area contributed by atoms with Crippen molar-refractivity contribution in [1.82, 2.24) is 0 Å². The number of hydrogen-bond acceptors (Lipinski definition) is 7. The van der Waals surface area contributed by atoms with E-state index < -0.39 is 17.3 Å². The highest BCUT2D eigenvalue weighted by molar-refractivity contribution is 6.00. The number of ether oxygens (including phenoxy) is 3. The Kier molecular flexibility index (Phi) is 5.69. The maximum atomic E-state index is 10.1. The normalized spacial score (nSPS) is 26.8. The first-order valence-electron chi connectivity index (χ1n) is 9.54. The van der Waals surface area contributed by atoms with Crippen molar-refractivity contribution >= 4 is 5.71 Å². The van der Waals surface area contributed by atoms with Gasteiger partial charge in [0.2, 0.25) is 5.75 Å². The molecule has 0 saturated heterocycles. The molecule has 4 atom stereocenters. The van der Waals surface area contributed by atoms with E-state index >= 15 is 0 Å². The lowest BCUT2D eigenvalue weighted by Crippen LogP contribution is -3.10. The topological polar surface area (TPSA) is 127 Å². The van der Waals surface area contributed by atoms with Crippen molar-refractivity contribution in [2.75, 3.05) is 41.5 Å². The average molecular weight is 406 g/mol. The van der Waals surface area contributed by atoms with E-state index in [1.165, 1.54) is 26.2 Å². The van der Waals surface area contributed by atoms with Crippen molar-refractivity contribution in [1.29, 1.82) is 21.2 Å². The van der Waals surface area contributed by atoms with Gasteiger partial charge in [-0.25, -0.2) is 0 Å². The quantitative estimate of drug-likeness (QED) is 0.720. The van der Waals surface area contributed by atoms with Gasteiger partial charge in [0.25, 0.3) is 0 Å². The molecule has 30 heavy (non-hydrogen) atoms. The van der Waals surface area contributed by atoms with Crippen molar-refractivity contribution < 1.29 is 19.1 Å². The van der Waals surface area contributed by atoms with Crippen LogP contribution >= 0.6 is 0 Å². The van der Waals surface area contributed by atoms with Gasteiger partial charge in [0, 0.05) is 11.8 Å². The fraction of sp³-hybridized carbons (Fsp3) is 0.455. The molecule has 8 nitrogen and oxygen atoms in total. The number of nitrogens with zero attached hydrogens (tertiary/aromatic N) is 3. The maximum absolute atomic E-state index is 10.1. The molecule has 154 valence electrons. The van der Waals surface area contributed by atoms with Crippen LogP contribution in [0.2, 0.25) is 0 Å². The highest BCUT2D eigenvalue weighted by Crippen LogP contribution is 2.54. The number of hydrogen-bond donors (Lipinski definition) is 2. The van der Waals surface area contributed by atoms with Crippen molar-refractivity contribution in [2.45, 2.75) is 5.92 Å². The molecule has 8 heteroatoms. The minimum atomic E-state index is -1.77. The molecule has 0 aromatic heterocycles. The number of methoxy groups -OCH3 is 3. The summed E-state index contributed by atoms with van der Waals surface area (Å²) in [6.45, 7) is 1.37. The number of nitriles is 3. The summed E-state index contributed by atoms with van der Waals surface area (Å²) in [5.74, 6) is -0.550. The van der Waals surface area contributed by atoms with Gasteiger partial charge in [-0.1, -0.05) is 0 Å². The highest BCUT2D eigenvalue weighted by Gasteiger charge is 2.58. The van der Waals surface area contributed by atoms with E-state index in [0.29, 0.717) is 29.4 Å². The number of quaternary nitrogens is 1. The van der Waals surface area contributed by atoms with Gasteiger partial charge in [-0.2, -0.15) is 15.8 Å². The van der Waals surface area contributed by atoms with Gasteiger partial charge in [0.1, 0.15) is 5.92 Å². The second-order valence-electron chi connectivity index (χ2n) is 7.62. The minimum Gasteiger partial charge on any atom is -0.493 e. The van der Waals surface area contributed by atoms with Crippen LogP contribution in [0.15, 0.2) is 23.8 Å². The Morgan fingerprint density at radius 1 is 1.07 bits per heavy atom. The Morgan fingerprint density at radius 2 is 1.67 bits per heavy atom. The van der Waals surface area contributed by atoms with Gasteiger partial charge < -0.3 is 24.5 Å². The van der Waals surface area contributed by atoms with Crippen molar-refractivity contribution in [3.63, 3.8) is 0 Å². The first-order valence-corrected chi connectivity index (χ1v) is 9.54. The Labute approximate surface area is 176 Å². The monoisotopic (exact) mass is 406 g/mol. The molecule has 0 spiro atoms. The van der Waals surface area contributed by atoms with Crippen LogP contribution in [0.25, 0.3) is 0 Å². The number of rotatable bonds is 4. The number of benzene rings is 1. The van der Waals surface area contributed by atoms with Crippen LogP contribution in [0, 0.1) is 56.7 Å². The summed E-state index contributed by atoms with van der Waals surface area (Å²) < 4.78 is 16.4. The first kappa shape index (κ1) is 21.2. The first-order chi connectivity index (χ1) is 14.4. The highest BCUT2D eigenvalue weighted by atomic mass is 16.5. The predicted octanol–water partition coefficient (Wildman–Crippen LogP) is 1.07. The standard InChI is InChI=1S/C22H23N5O3/c1-27-6-5-14-15(9-23)21(26)22(11-24,12-25)19(16(14)10-27)13-7-17(28-2)20(30-4)18(8-13)29-3/h5,7-8,15-16,19,26H,6,10H2,1-4H3/p+1/t15?,16-,19+/m1/s1. The largest absolute Gasteiger partial charge is 0.493 e. The van der Waals surface area contributed by atoms with E-state index in [-0.39, 0.29) is 11.6 Å². The summed E-state index contributed by atoms with van der Waals surface area (Å²) in [6, 6.07) is 9.81. The minimum absolute atomic E-state index is 0.171. The molecular weight excluding hydrogens is 382 g/mol. The third kappa shape index (κ3) is 2.96. The van der Waals surface area contributed by atoms with Crippen LogP contribution < -0.4 is 19.1 Å². The fourth-order valence-electron chi connectivity index (χ4n) is 4.71. The van der Waals surface area contributed by atoms with Gasteiger partial charge in [-0.05, 0) is 29.3 Å². The van der Waals surface area contributed by atoms with Crippen molar-refractivity contribution in [3.05, 3.63) is 29.3 Å². The third-order valence-electron chi connectivity index (χ3n) is 6.13. The smallest absolute Gasteiger partial charge is 0.203 e. The van der Waals surface area contributed by atoms with Gasteiger partial charge in [-0.3, -0.25) is 0 Å². The summed E-state index contributed by atoms with van der Waals surface area (Å²) >= 11 is 0. The van der Waals surface area contributed by atoms with Crippen LogP contribution in [0.4, 0.5) is 0 Å². The maximum Gasteiger partial charge on any atom is 0.203 e. The van der Waals surface area contributed by atoms with E-state index in [4.69, 9.17) is 19.6 Å². The summed E-state index contributed by atoms with van der Waals surface area (Å²) in [4.78, 5) is 1.20. The van der Waals surface area contributed by atoms with E-state index in [2.05, 4.69) is 18.2 Å². The molecule has 3 rings (SSSR count). The van der Waals surface area contributed by atoms with Gasteiger partial charge in [0.15, 0.2) is 16.9 Å². The molecule has 0 radical (unpaired) electrons. The van der Waals surface area contributed by atoms with Gasteiger partial charge in [-0.15, -0.1) is 0 Å². The summed E-state index contributed by atoms with van der Waals surface area (Å²) in [5.41, 5.74) is -0.493. The molecule has 2 aliphatic rings. The molecule has 1 aliphatic heterocycles. The molecule has 2 N–H and O–H groups in total. The van der Waals surface area contributed by atoms with E-state index in [1.54, 1.807) is 12.1 Å². The lowest BCUT2D eigenvalue weighted by atomic mass is 9.54. The zero-order valence-electron chi connectivity index (χ0n) is 17.4. The zero-order valence-corrected chi connectivity index (χ0v) is 17.4. The molecule has 2 unspecified atom stereocenters. The van der Waals surface area contributed by atoms with E-state index in [0.717, 1.165) is 12.1 Å². The van der Waals surface area contributed by atoms with Gasteiger partial charge in [0.05, 0.1) is 65.4 Å². The molecule has 1 aromatic carbocycles. The molecule has 0 amide bonds. The lowest BCUT2D eigenvalue weighted by Gasteiger charge is -2.46. The number of fused-ring (bicyclic) bond motifs is 1. The summed E-state index contributed by atoms with van der Waals surface area (Å²) in [6.07, 6.45) is 1.98. The second-order valence-corrected chi connectivity index (χ2v) is 7.62. The predicted molar refractivity (Wildman–Crippen MR) is 108 cm³/mol. The van der Waals surface area contributed by atoms with Crippen LogP contribution in [0.5, 0.6) is 17.2 Å². The van der Waals surface area contributed by atoms with Crippen molar-refractivity contribution in [3.8, 4) is 35.5 Å². The SMILES string of the molecule is COc1cc([C@H]2[C@@H]3C[NH+](C)CC=C3C(C#N)C(=N)C2(C#N)C#N)cc(OC)c1OC. The summed E-state index contributed by atoms with van der Waals surface area (Å²) in [7, 11) is 6.53.